The Labute approximate surface area is 191 Å². The zero-order valence-electron chi connectivity index (χ0n) is 17.3. The van der Waals surface area contributed by atoms with Crippen LogP contribution in [-0.2, 0) is 16.1 Å². The van der Waals surface area contributed by atoms with Gasteiger partial charge in [-0.3, -0.25) is 14.0 Å². The van der Waals surface area contributed by atoms with Gasteiger partial charge in [-0.05, 0) is 50.6 Å². The lowest BCUT2D eigenvalue weighted by Gasteiger charge is -2.24. The van der Waals surface area contributed by atoms with Crippen molar-refractivity contribution in [3.63, 3.8) is 0 Å². The fourth-order valence-electron chi connectivity index (χ4n) is 3.52. The van der Waals surface area contributed by atoms with E-state index in [1.807, 2.05) is 43.5 Å². The number of nitrogens with zero attached hydrogens (tertiary/aromatic N) is 4. The van der Waals surface area contributed by atoms with Crippen LogP contribution in [0.4, 0.5) is 0 Å². The van der Waals surface area contributed by atoms with Crippen LogP contribution < -0.4 is 14.9 Å². The summed E-state index contributed by atoms with van der Waals surface area (Å²) in [5.74, 6) is -0.465. The number of carbonyl (C=O) groups is 1. The standard InChI is InChI=1S/C22H21BrN4O3S/c1-4-26-11-10-16(25-26)12-17-20(28)27-19(14-6-8-15(23)9-7-14)18(21(29)30-5-2)13(3)24-22(27)31-17/h6-12,19H,4-5H2,1-3H3/b17-12+/t19-/m1/s1. The second-order valence-electron chi connectivity index (χ2n) is 6.95. The smallest absolute Gasteiger partial charge is 0.338 e. The maximum atomic E-state index is 13.4. The zero-order valence-corrected chi connectivity index (χ0v) is 19.7. The van der Waals surface area contributed by atoms with Crippen LogP contribution in [0.2, 0.25) is 0 Å². The van der Waals surface area contributed by atoms with E-state index < -0.39 is 12.0 Å². The molecule has 0 fully saturated rings. The lowest BCUT2D eigenvalue weighted by molar-refractivity contribution is -0.139. The summed E-state index contributed by atoms with van der Waals surface area (Å²) in [6.07, 6.45) is 3.63. The lowest BCUT2D eigenvalue weighted by Crippen LogP contribution is -2.39. The number of carbonyl (C=O) groups excluding carboxylic acids is 1. The van der Waals surface area contributed by atoms with Crippen molar-refractivity contribution in [2.45, 2.75) is 33.4 Å². The number of allylic oxidation sites excluding steroid dienone is 1. The molecule has 0 radical (unpaired) electrons. The molecule has 0 saturated carbocycles. The number of ether oxygens (including phenoxy) is 1. The number of hydrogen-bond acceptors (Lipinski definition) is 6. The minimum Gasteiger partial charge on any atom is -0.463 e. The first-order chi connectivity index (χ1) is 14.9. The van der Waals surface area contributed by atoms with Gasteiger partial charge in [0.05, 0.1) is 34.1 Å². The van der Waals surface area contributed by atoms with E-state index in [9.17, 15) is 9.59 Å². The molecule has 1 aromatic carbocycles. The van der Waals surface area contributed by atoms with Gasteiger partial charge in [0.2, 0.25) is 0 Å². The average molecular weight is 501 g/mol. The quantitative estimate of drug-likeness (QED) is 0.504. The number of hydrogen-bond donors (Lipinski definition) is 0. The molecule has 3 heterocycles. The average Bonchev–Trinajstić information content (AvgIpc) is 3.32. The molecular weight excluding hydrogens is 480 g/mol. The highest BCUT2D eigenvalue weighted by atomic mass is 79.9. The predicted octanol–water partition coefficient (Wildman–Crippen LogP) is 2.78. The molecule has 0 amide bonds. The Balaban J connectivity index is 1.93. The van der Waals surface area contributed by atoms with Gasteiger partial charge in [0.15, 0.2) is 4.80 Å². The number of aromatic nitrogens is 3. The van der Waals surface area contributed by atoms with Gasteiger partial charge in [-0.1, -0.05) is 39.4 Å². The molecule has 0 bridgehead atoms. The second-order valence-corrected chi connectivity index (χ2v) is 8.87. The van der Waals surface area contributed by atoms with Crippen LogP contribution >= 0.6 is 27.3 Å². The molecular formula is C22H21BrN4O3S. The van der Waals surface area contributed by atoms with Crippen molar-refractivity contribution in [3.05, 3.63) is 83.2 Å². The molecule has 0 unspecified atom stereocenters. The van der Waals surface area contributed by atoms with Crippen molar-refractivity contribution < 1.29 is 9.53 Å². The fraction of sp³-hybridized carbons (Fsp3) is 0.273. The van der Waals surface area contributed by atoms with Crippen molar-refractivity contribution in [1.29, 1.82) is 0 Å². The van der Waals surface area contributed by atoms with Crippen LogP contribution in [0.1, 0.15) is 38.1 Å². The third-order valence-electron chi connectivity index (χ3n) is 4.97. The topological polar surface area (TPSA) is 78.5 Å². The zero-order chi connectivity index (χ0) is 22.1. The first kappa shape index (κ1) is 21.5. The van der Waals surface area contributed by atoms with Gasteiger partial charge in [-0.2, -0.15) is 5.10 Å². The van der Waals surface area contributed by atoms with Crippen LogP contribution in [0.5, 0.6) is 0 Å². The molecule has 0 aliphatic carbocycles. The minimum atomic E-state index is -0.612. The molecule has 0 saturated heterocycles. The summed E-state index contributed by atoms with van der Waals surface area (Å²) in [5, 5.41) is 4.44. The van der Waals surface area contributed by atoms with Crippen LogP contribution in [0, 0.1) is 0 Å². The van der Waals surface area contributed by atoms with E-state index in [1.165, 1.54) is 11.3 Å². The molecule has 3 aromatic rings. The van der Waals surface area contributed by atoms with Gasteiger partial charge in [0, 0.05) is 17.2 Å². The first-order valence-corrected chi connectivity index (χ1v) is 11.5. The van der Waals surface area contributed by atoms with Crippen LogP contribution in [0.3, 0.4) is 0 Å². The highest BCUT2D eigenvalue weighted by molar-refractivity contribution is 9.10. The first-order valence-electron chi connectivity index (χ1n) is 9.91. The predicted molar refractivity (Wildman–Crippen MR) is 122 cm³/mol. The largest absolute Gasteiger partial charge is 0.463 e. The van der Waals surface area contributed by atoms with Gasteiger partial charge >= 0.3 is 5.97 Å². The maximum Gasteiger partial charge on any atom is 0.338 e. The van der Waals surface area contributed by atoms with E-state index in [-0.39, 0.29) is 12.2 Å². The Morgan fingerprint density at radius 3 is 2.65 bits per heavy atom. The molecule has 0 N–H and O–H groups in total. The van der Waals surface area contributed by atoms with Crippen molar-refractivity contribution >= 4 is 39.3 Å². The van der Waals surface area contributed by atoms with E-state index in [4.69, 9.17) is 4.74 Å². The van der Waals surface area contributed by atoms with Crippen molar-refractivity contribution in [2.75, 3.05) is 6.61 Å². The molecule has 1 aliphatic rings. The highest BCUT2D eigenvalue weighted by Crippen LogP contribution is 2.31. The van der Waals surface area contributed by atoms with Gasteiger partial charge < -0.3 is 4.74 Å². The van der Waals surface area contributed by atoms with Gasteiger partial charge in [-0.25, -0.2) is 9.79 Å². The van der Waals surface area contributed by atoms with Crippen molar-refractivity contribution in [2.24, 2.45) is 4.99 Å². The van der Waals surface area contributed by atoms with E-state index in [2.05, 4.69) is 26.0 Å². The summed E-state index contributed by atoms with van der Waals surface area (Å²) in [7, 11) is 0. The SMILES string of the molecule is CCOC(=O)C1=C(C)N=c2s/c(=C/c3ccn(CC)n3)c(=O)n2[C@@H]1c1ccc(Br)cc1. The number of aryl methyl sites for hydroxylation is 1. The van der Waals surface area contributed by atoms with E-state index in [1.54, 1.807) is 29.2 Å². The summed E-state index contributed by atoms with van der Waals surface area (Å²) in [5.41, 5.74) is 2.22. The molecule has 7 nitrogen and oxygen atoms in total. The summed E-state index contributed by atoms with van der Waals surface area (Å²) in [6.45, 7) is 6.53. The Hall–Kier alpha value is -2.78. The summed E-state index contributed by atoms with van der Waals surface area (Å²) < 4.78 is 10.1. The van der Waals surface area contributed by atoms with Gasteiger partial charge in [0.1, 0.15) is 0 Å². The number of benzene rings is 1. The van der Waals surface area contributed by atoms with E-state index in [0.29, 0.717) is 26.3 Å². The summed E-state index contributed by atoms with van der Waals surface area (Å²) in [6, 6.07) is 8.82. The number of halogens is 1. The fourth-order valence-corrected chi connectivity index (χ4v) is 4.81. The van der Waals surface area contributed by atoms with Gasteiger partial charge in [0.25, 0.3) is 5.56 Å². The van der Waals surface area contributed by atoms with Crippen molar-refractivity contribution in [3.8, 4) is 0 Å². The minimum absolute atomic E-state index is 0.211. The Morgan fingerprint density at radius 1 is 1.26 bits per heavy atom. The number of esters is 1. The number of thiazole rings is 1. The normalized spacial score (nSPS) is 16.3. The van der Waals surface area contributed by atoms with Crippen molar-refractivity contribution in [1.82, 2.24) is 14.3 Å². The van der Waals surface area contributed by atoms with Crippen LogP contribution in [0.15, 0.2) is 62.1 Å². The third-order valence-corrected chi connectivity index (χ3v) is 6.48. The van der Waals surface area contributed by atoms with E-state index >= 15 is 0 Å². The lowest BCUT2D eigenvalue weighted by atomic mass is 9.96. The highest BCUT2D eigenvalue weighted by Gasteiger charge is 2.33. The Bertz CT molecular complexity index is 1350. The molecule has 31 heavy (non-hydrogen) atoms. The molecule has 160 valence electrons. The van der Waals surface area contributed by atoms with Crippen LogP contribution in [-0.4, -0.2) is 26.9 Å². The molecule has 4 rings (SSSR count). The molecule has 0 spiro atoms. The van der Waals surface area contributed by atoms with Gasteiger partial charge in [-0.15, -0.1) is 0 Å². The summed E-state index contributed by atoms with van der Waals surface area (Å²) >= 11 is 4.73. The molecule has 9 heteroatoms. The summed E-state index contributed by atoms with van der Waals surface area (Å²) in [4.78, 5) is 31.4. The van der Waals surface area contributed by atoms with Crippen LogP contribution in [0.25, 0.3) is 6.08 Å². The third kappa shape index (κ3) is 4.07. The second kappa shape index (κ2) is 8.76. The monoisotopic (exact) mass is 500 g/mol. The maximum absolute atomic E-state index is 13.4. The molecule has 1 aliphatic heterocycles. The molecule has 1 atom stereocenters. The molecule has 2 aromatic heterocycles. The Kier molecular flexibility index (Phi) is 6.06. The number of rotatable bonds is 5. The Morgan fingerprint density at radius 2 is 2.00 bits per heavy atom. The number of fused-ring (bicyclic) bond motifs is 1. The van der Waals surface area contributed by atoms with E-state index in [0.717, 1.165) is 16.6 Å².